The van der Waals surface area contributed by atoms with Gasteiger partial charge < -0.3 is 4.74 Å². The van der Waals surface area contributed by atoms with Crippen LogP contribution < -0.4 is 10.6 Å². The first kappa shape index (κ1) is 17.8. The fourth-order valence-corrected chi connectivity index (χ4v) is 6.23. The number of ether oxygens (including phenoxy) is 1. The molecule has 1 aliphatic rings. The van der Waals surface area contributed by atoms with Crippen LogP contribution in [0.15, 0.2) is 115 Å². The molecule has 0 saturated carbocycles. The Balaban J connectivity index is 1.74. The van der Waals surface area contributed by atoms with Crippen molar-refractivity contribution in [1.29, 1.82) is 0 Å². The first-order valence-corrected chi connectivity index (χ1v) is 10.7. The van der Waals surface area contributed by atoms with Crippen LogP contribution in [-0.4, -0.2) is 12.8 Å². The number of hydrogen-bond acceptors (Lipinski definition) is 1. The van der Waals surface area contributed by atoms with Gasteiger partial charge in [0, 0.05) is 5.92 Å². The number of rotatable bonds is 5. The van der Waals surface area contributed by atoms with Gasteiger partial charge in [0.05, 0.1) is 12.8 Å². The monoisotopic (exact) mass is 370 g/mol. The maximum Gasteiger partial charge on any atom is 0.104 e. The quantitative estimate of drug-likeness (QED) is 0.433. The number of benzene rings is 3. The Morgan fingerprint density at radius 1 is 0.667 bits per heavy atom. The molecule has 0 saturated heterocycles. The summed E-state index contributed by atoms with van der Waals surface area (Å²) in [5.74, 6) is 1.32. The highest BCUT2D eigenvalue weighted by Gasteiger charge is 2.29. The van der Waals surface area contributed by atoms with Crippen molar-refractivity contribution in [2.45, 2.75) is 11.6 Å². The van der Waals surface area contributed by atoms with Crippen LogP contribution in [0.5, 0.6) is 0 Å². The van der Waals surface area contributed by atoms with Crippen LogP contribution in [0.3, 0.4) is 0 Å². The van der Waals surface area contributed by atoms with Gasteiger partial charge in [-0.3, -0.25) is 0 Å². The van der Waals surface area contributed by atoms with E-state index in [0.29, 0.717) is 0 Å². The molecule has 3 aromatic carbocycles. The molecule has 0 radical (unpaired) electrons. The molecule has 0 aromatic heterocycles. The molecule has 134 valence electrons. The Labute approximate surface area is 162 Å². The predicted octanol–water partition coefficient (Wildman–Crippen LogP) is 5.37. The smallest absolute Gasteiger partial charge is 0.104 e. The summed E-state index contributed by atoms with van der Waals surface area (Å²) >= 11 is 0. The van der Waals surface area contributed by atoms with E-state index in [-0.39, 0.29) is 11.6 Å². The predicted molar refractivity (Wildman–Crippen MR) is 116 cm³/mol. The molecule has 0 spiro atoms. The second-order valence-electron chi connectivity index (χ2n) is 6.58. The van der Waals surface area contributed by atoms with Gasteiger partial charge in [0.15, 0.2) is 0 Å². The van der Waals surface area contributed by atoms with Crippen LogP contribution >= 0.6 is 7.92 Å². The van der Waals surface area contributed by atoms with Gasteiger partial charge in [0.1, 0.15) is 5.76 Å². The Hall–Kier alpha value is -2.63. The second kappa shape index (κ2) is 8.37. The van der Waals surface area contributed by atoms with Gasteiger partial charge in [0.2, 0.25) is 0 Å². The number of allylic oxidation sites excluding steroid dienone is 3. The fraction of sp³-hybridized carbons (Fsp3) is 0.120. The summed E-state index contributed by atoms with van der Waals surface area (Å²) in [6, 6.07) is 32.2. The Morgan fingerprint density at radius 2 is 1.19 bits per heavy atom. The molecule has 0 N–H and O–H groups in total. The first-order chi connectivity index (χ1) is 13.4. The van der Waals surface area contributed by atoms with Crippen molar-refractivity contribution in [1.82, 2.24) is 0 Å². The topological polar surface area (TPSA) is 9.23 Å². The normalized spacial score (nSPS) is 19.0. The standard InChI is InChI=1S/C25H23OP/c1-26-24-19-21(20-11-5-2-6-12-20)17-18-25(24)27(22-13-7-3-8-14-22)23-15-9-4-10-16-23/h2-19,21,25H,1H3/t21-,25?/m0/s1. The fourth-order valence-electron chi connectivity index (χ4n) is 3.58. The van der Waals surface area contributed by atoms with Gasteiger partial charge in [-0.25, -0.2) is 0 Å². The van der Waals surface area contributed by atoms with Crippen molar-refractivity contribution < 1.29 is 4.74 Å². The minimum atomic E-state index is -0.582. The molecule has 0 heterocycles. The summed E-state index contributed by atoms with van der Waals surface area (Å²) in [5.41, 5.74) is 1.54. The van der Waals surface area contributed by atoms with E-state index < -0.39 is 7.92 Å². The van der Waals surface area contributed by atoms with E-state index >= 15 is 0 Å². The highest BCUT2D eigenvalue weighted by Crippen LogP contribution is 2.46. The van der Waals surface area contributed by atoms with Crippen molar-refractivity contribution in [2.24, 2.45) is 0 Å². The van der Waals surface area contributed by atoms with E-state index in [4.69, 9.17) is 4.74 Å². The van der Waals surface area contributed by atoms with Gasteiger partial charge in [-0.2, -0.15) is 0 Å². The van der Waals surface area contributed by atoms with Crippen LogP contribution in [0.25, 0.3) is 0 Å². The zero-order valence-electron chi connectivity index (χ0n) is 15.4. The zero-order chi connectivity index (χ0) is 18.5. The molecule has 4 rings (SSSR count). The van der Waals surface area contributed by atoms with Crippen LogP contribution in [0.4, 0.5) is 0 Å². The molecule has 0 bridgehead atoms. The largest absolute Gasteiger partial charge is 0.500 e. The highest BCUT2D eigenvalue weighted by molar-refractivity contribution is 7.74. The van der Waals surface area contributed by atoms with Crippen molar-refractivity contribution in [2.75, 3.05) is 7.11 Å². The highest BCUT2D eigenvalue weighted by atomic mass is 31.1. The van der Waals surface area contributed by atoms with E-state index in [0.717, 1.165) is 5.76 Å². The van der Waals surface area contributed by atoms with Crippen LogP contribution in [-0.2, 0) is 4.74 Å². The summed E-state index contributed by atoms with van der Waals surface area (Å²) in [6.45, 7) is 0. The summed E-state index contributed by atoms with van der Waals surface area (Å²) < 4.78 is 5.91. The minimum Gasteiger partial charge on any atom is -0.500 e. The van der Waals surface area contributed by atoms with Crippen LogP contribution in [0.2, 0.25) is 0 Å². The molecule has 0 amide bonds. The Kier molecular flexibility index (Phi) is 5.51. The Bertz CT molecular complexity index is 877. The van der Waals surface area contributed by atoms with Crippen molar-refractivity contribution in [3.05, 3.63) is 121 Å². The number of hydrogen-bond donors (Lipinski definition) is 0. The van der Waals surface area contributed by atoms with Gasteiger partial charge in [-0.05, 0) is 30.2 Å². The molecule has 1 unspecified atom stereocenters. The van der Waals surface area contributed by atoms with E-state index in [1.54, 1.807) is 7.11 Å². The van der Waals surface area contributed by atoms with E-state index in [2.05, 4.69) is 109 Å². The third-order valence-electron chi connectivity index (χ3n) is 4.90. The third kappa shape index (κ3) is 3.89. The van der Waals surface area contributed by atoms with Crippen LogP contribution in [0.1, 0.15) is 11.5 Å². The van der Waals surface area contributed by atoms with Crippen LogP contribution in [0, 0.1) is 0 Å². The number of methoxy groups -OCH3 is 1. The molecule has 1 aliphatic carbocycles. The lowest BCUT2D eigenvalue weighted by molar-refractivity contribution is 0.283. The molecule has 2 atom stereocenters. The van der Waals surface area contributed by atoms with E-state index in [9.17, 15) is 0 Å². The summed E-state index contributed by atoms with van der Waals surface area (Å²) in [4.78, 5) is 0. The molecular formula is C25H23OP. The van der Waals surface area contributed by atoms with Gasteiger partial charge in [-0.15, -0.1) is 0 Å². The average Bonchev–Trinajstić information content (AvgIpc) is 2.76. The lowest BCUT2D eigenvalue weighted by atomic mass is 9.94. The van der Waals surface area contributed by atoms with Crippen molar-refractivity contribution in [3.8, 4) is 0 Å². The molecule has 0 fully saturated rings. The SMILES string of the molecule is COC1=C[C@@H](c2ccccc2)C=CC1P(c1ccccc1)c1ccccc1. The van der Waals surface area contributed by atoms with Crippen molar-refractivity contribution >= 4 is 18.5 Å². The summed E-state index contributed by atoms with van der Waals surface area (Å²) in [6.07, 6.45) is 6.95. The Morgan fingerprint density at radius 3 is 1.70 bits per heavy atom. The first-order valence-electron chi connectivity index (χ1n) is 9.25. The van der Waals surface area contributed by atoms with E-state index in [1.165, 1.54) is 16.2 Å². The molecule has 27 heavy (non-hydrogen) atoms. The summed E-state index contributed by atoms with van der Waals surface area (Å²) in [7, 11) is 1.21. The molecular weight excluding hydrogens is 347 g/mol. The summed E-state index contributed by atoms with van der Waals surface area (Å²) in [5, 5.41) is 2.74. The maximum atomic E-state index is 5.91. The lowest BCUT2D eigenvalue weighted by Gasteiger charge is -2.31. The minimum absolute atomic E-state index is 0.245. The third-order valence-corrected chi connectivity index (χ3v) is 7.60. The molecule has 2 heteroatoms. The average molecular weight is 370 g/mol. The lowest BCUT2D eigenvalue weighted by Crippen LogP contribution is -2.24. The maximum absolute atomic E-state index is 5.91. The van der Waals surface area contributed by atoms with Crippen molar-refractivity contribution in [3.63, 3.8) is 0 Å². The van der Waals surface area contributed by atoms with E-state index in [1.807, 2.05) is 0 Å². The van der Waals surface area contributed by atoms with Gasteiger partial charge >= 0.3 is 0 Å². The zero-order valence-corrected chi connectivity index (χ0v) is 16.3. The van der Waals surface area contributed by atoms with Gasteiger partial charge in [-0.1, -0.05) is 103 Å². The molecule has 0 aliphatic heterocycles. The van der Waals surface area contributed by atoms with Gasteiger partial charge in [0.25, 0.3) is 0 Å². The molecule has 1 nitrogen and oxygen atoms in total. The second-order valence-corrected chi connectivity index (χ2v) is 8.91. The molecule has 3 aromatic rings.